The molecule has 1 amide bonds. The number of rotatable bonds is 3. The fourth-order valence-corrected chi connectivity index (χ4v) is 2.79. The standard InChI is InChI=1S/C16H22FNO2/c1-16(2,13-6-3-7-14(17)9-13)15(20)18-8-4-5-12(10-18)11-19/h3,6-7,9,12,19H,4-5,8,10-11H2,1-2H3. The molecule has 2 rings (SSSR count). The van der Waals surface area contributed by atoms with E-state index in [1.807, 2.05) is 13.8 Å². The van der Waals surface area contributed by atoms with Crippen LogP contribution in [0.1, 0.15) is 32.3 Å². The average Bonchev–Trinajstić information content (AvgIpc) is 2.46. The molecular formula is C16H22FNO2. The Kier molecular flexibility index (Phi) is 4.43. The number of aliphatic hydroxyl groups is 1. The Morgan fingerprint density at radius 1 is 1.50 bits per heavy atom. The monoisotopic (exact) mass is 279 g/mol. The summed E-state index contributed by atoms with van der Waals surface area (Å²) < 4.78 is 13.4. The average molecular weight is 279 g/mol. The van der Waals surface area contributed by atoms with Crippen molar-refractivity contribution >= 4 is 5.91 Å². The van der Waals surface area contributed by atoms with Crippen molar-refractivity contribution in [3.63, 3.8) is 0 Å². The number of carbonyl (C=O) groups excluding carboxylic acids is 1. The number of likely N-dealkylation sites (tertiary alicyclic amines) is 1. The van der Waals surface area contributed by atoms with E-state index in [-0.39, 0.29) is 24.2 Å². The highest BCUT2D eigenvalue weighted by atomic mass is 19.1. The largest absolute Gasteiger partial charge is 0.396 e. The lowest BCUT2D eigenvalue weighted by atomic mass is 9.82. The molecule has 0 bridgehead atoms. The third kappa shape index (κ3) is 3.01. The molecule has 0 aromatic heterocycles. The molecule has 1 aromatic carbocycles. The van der Waals surface area contributed by atoms with Gasteiger partial charge in [-0.2, -0.15) is 0 Å². The SMILES string of the molecule is CC(C)(C(=O)N1CCCC(CO)C1)c1cccc(F)c1. The van der Waals surface area contributed by atoms with Gasteiger partial charge in [0.1, 0.15) is 5.82 Å². The van der Waals surface area contributed by atoms with Crippen molar-refractivity contribution < 1.29 is 14.3 Å². The van der Waals surface area contributed by atoms with Crippen molar-refractivity contribution in [2.24, 2.45) is 5.92 Å². The second-order valence-corrected chi connectivity index (χ2v) is 6.08. The summed E-state index contributed by atoms with van der Waals surface area (Å²) in [7, 11) is 0. The van der Waals surface area contributed by atoms with Crippen LogP contribution in [0, 0.1) is 11.7 Å². The van der Waals surface area contributed by atoms with Gasteiger partial charge in [0, 0.05) is 19.7 Å². The van der Waals surface area contributed by atoms with E-state index in [2.05, 4.69) is 0 Å². The van der Waals surface area contributed by atoms with Crippen molar-refractivity contribution in [3.8, 4) is 0 Å². The fourth-order valence-electron chi connectivity index (χ4n) is 2.79. The van der Waals surface area contributed by atoms with E-state index in [1.165, 1.54) is 12.1 Å². The predicted octanol–water partition coefficient (Wildman–Crippen LogP) is 2.33. The summed E-state index contributed by atoms with van der Waals surface area (Å²) in [5, 5.41) is 9.26. The van der Waals surface area contributed by atoms with Gasteiger partial charge in [-0.15, -0.1) is 0 Å². The van der Waals surface area contributed by atoms with Crippen molar-refractivity contribution in [2.75, 3.05) is 19.7 Å². The quantitative estimate of drug-likeness (QED) is 0.922. The topological polar surface area (TPSA) is 40.5 Å². The summed E-state index contributed by atoms with van der Waals surface area (Å²) in [5.41, 5.74) is -0.0620. The zero-order valence-corrected chi connectivity index (χ0v) is 12.1. The highest BCUT2D eigenvalue weighted by Gasteiger charge is 2.35. The van der Waals surface area contributed by atoms with Gasteiger partial charge in [-0.1, -0.05) is 12.1 Å². The van der Waals surface area contributed by atoms with E-state index >= 15 is 0 Å². The molecule has 0 spiro atoms. The molecule has 0 aliphatic carbocycles. The second kappa shape index (κ2) is 5.92. The summed E-state index contributed by atoms with van der Waals surface area (Å²) in [6, 6.07) is 6.22. The van der Waals surface area contributed by atoms with Crippen molar-refractivity contribution in [3.05, 3.63) is 35.6 Å². The van der Waals surface area contributed by atoms with Crippen LogP contribution in [0.3, 0.4) is 0 Å². The smallest absolute Gasteiger partial charge is 0.232 e. The number of carbonyl (C=O) groups is 1. The Morgan fingerprint density at radius 3 is 2.90 bits per heavy atom. The van der Waals surface area contributed by atoms with Gasteiger partial charge in [-0.05, 0) is 50.3 Å². The van der Waals surface area contributed by atoms with Crippen LogP contribution in [0.25, 0.3) is 0 Å². The Morgan fingerprint density at radius 2 is 2.25 bits per heavy atom. The first kappa shape index (κ1) is 15.0. The van der Waals surface area contributed by atoms with Crippen LogP contribution in [0.4, 0.5) is 4.39 Å². The zero-order chi connectivity index (χ0) is 14.8. The van der Waals surface area contributed by atoms with Crippen molar-refractivity contribution in [1.82, 2.24) is 4.90 Å². The van der Waals surface area contributed by atoms with E-state index in [0.29, 0.717) is 18.7 Å². The van der Waals surface area contributed by atoms with Crippen LogP contribution in [0.5, 0.6) is 0 Å². The molecule has 3 nitrogen and oxygen atoms in total. The molecule has 1 heterocycles. The predicted molar refractivity (Wildman–Crippen MR) is 75.8 cm³/mol. The highest BCUT2D eigenvalue weighted by molar-refractivity contribution is 5.87. The summed E-state index contributed by atoms with van der Waals surface area (Å²) in [4.78, 5) is 14.5. The number of hydrogen-bond acceptors (Lipinski definition) is 2. The van der Waals surface area contributed by atoms with E-state index in [9.17, 15) is 14.3 Å². The highest BCUT2D eigenvalue weighted by Crippen LogP contribution is 2.28. The van der Waals surface area contributed by atoms with Gasteiger partial charge in [-0.25, -0.2) is 4.39 Å². The lowest BCUT2D eigenvalue weighted by Crippen LogP contribution is -2.48. The van der Waals surface area contributed by atoms with Gasteiger partial charge in [0.2, 0.25) is 5.91 Å². The molecule has 1 aromatic rings. The minimum absolute atomic E-state index is 0.00116. The molecule has 1 saturated heterocycles. The van der Waals surface area contributed by atoms with Gasteiger partial charge in [0.05, 0.1) is 5.41 Å². The number of amides is 1. The lowest BCUT2D eigenvalue weighted by Gasteiger charge is -2.37. The first-order valence-electron chi connectivity index (χ1n) is 7.11. The van der Waals surface area contributed by atoms with Gasteiger partial charge >= 0.3 is 0 Å². The second-order valence-electron chi connectivity index (χ2n) is 6.08. The van der Waals surface area contributed by atoms with Crippen LogP contribution in [0.2, 0.25) is 0 Å². The number of nitrogens with zero attached hydrogens (tertiary/aromatic N) is 1. The first-order chi connectivity index (χ1) is 9.45. The Hall–Kier alpha value is -1.42. The van der Waals surface area contributed by atoms with Gasteiger partial charge in [-0.3, -0.25) is 4.79 Å². The summed E-state index contributed by atoms with van der Waals surface area (Å²) in [5.74, 6) is -0.160. The minimum atomic E-state index is -0.751. The molecule has 0 radical (unpaired) electrons. The molecule has 1 fully saturated rings. The molecule has 110 valence electrons. The van der Waals surface area contributed by atoms with Crippen LogP contribution in [-0.2, 0) is 10.2 Å². The number of benzene rings is 1. The maximum absolute atomic E-state index is 13.4. The van der Waals surface area contributed by atoms with Gasteiger partial charge < -0.3 is 10.0 Å². The third-order valence-corrected chi connectivity index (χ3v) is 4.15. The molecule has 1 atom stereocenters. The van der Waals surface area contributed by atoms with Gasteiger partial charge in [0.15, 0.2) is 0 Å². The Balaban J connectivity index is 2.18. The number of hydrogen-bond donors (Lipinski definition) is 1. The third-order valence-electron chi connectivity index (χ3n) is 4.15. The number of piperidine rings is 1. The Bertz CT molecular complexity index is 487. The molecule has 1 unspecified atom stereocenters. The summed E-state index contributed by atoms with van der Waals surface area (Å²) >= 11 is 0. The molecule has 0 saturated carbocycles. The number of aliphatic hydroxyl groups excluding tert-OH is 1. The molecular weight excluding hydrogens is 257 g/mol. The normalized spacial score (nSPS) is 20.0. The molecule has 20 heavy (non-hydrogen) atoms. The van der Waals surface area contributed by atoms with E-state index in [4.69, 9.17) is 0 Å². The van der Waals surface area contributed by atoms with E-state index < -0.39 is 5.41 Å². The molecule has 4 heteroatoms. The Labute approximate surface area is 119 Å². The maximum Gasteiger partial charge on any atom is 0.232 e. The van der Waals surface area contributed by atoms with E-state index in [0.717, 1.165) is 12.8 Å². The van der Waals surface area contributed by atoms with Crippen LogP contribution in [0.15, 0.2) is 24.3 Å². The fraction of sp³-hybridized carbons (Fsp3) is 0.562. The van der Waals surface area contributed by atoms with Crippen molar-refractivity contribution in [1.29, 1.82) is 0 Å². The number of halogens is 1. The molecule has 1 N–H and O–H groups in total. The first-order valence-corrected chi connectivity index (χ1v) is 7.11. The molecule has 1 aliphatic rings. The van der Waals surface area contributed by atoms with E-state index in [1.54, 1.807) is 17.0 Å². The maximum atomic E-state index is 13.4. The summed E-state index contributed by atoms with van der Waals surface area (Å²) in [6.07, 6.45) is 1.87. The summed E-state index contributed by atoms with van der Waals surface area (Å²) in [6.45, 7) is 5.08. The van der Waals surface area contributed by atoms with Crippen LogP contribution < -0.4 is 0 Å². The van der Waals surface area contributed by atoms with Gasteiger partial charge in [0.25, 0.3) is 0 Å². The zero-order valence-electron chi connectivity index (χ0n) is 12.1. The molecule has 1 aliphatic heterocycles. The van der Waals surface area contributed by atoms with Crippen LogP contribution in [-0.4, -0.2) is 35.6 Å². The minimum Gasteiger partial charge on any atom is -0.396 e. The lowest BCUT2D eigenvalue weighted by molar-refractivity contribution is -0.138. The van der Waals surface area contributed by atoms with Crippen molar-refractivity contribution in [2.45, 2.75) is 32.1 Å². The van der Waals surface area contributed by atoms with Crippen LogP contribution >= 0.6 is 0 Å².